The molecule has 6 heteroatoms. The van der Waals surface area contributed by atoms with E-state index in [-0.39, 0.29) is 35.1 Å². The van der Waals surface area contributed by atoms with Crippen molar-refractivity contribution in [2.24, 2.45) is 0 Å². The number of Topliss-reactive ketones (excluding diaryl/α,β-unsaturated/α-hetero) is 1. The zero-order chi connectivity index (χ0) is 14.8. The van der Waals surface area contributed by atoms with Crippen molar-refractivity contribution in [2.75, 3.05) is 5.32 Å². The maximum absolute atomic E-state index is 12.3. The van der Waals surface area contributed by atoms with Crippen LogP contribution in [0.3, 0.4) is 0 Å². The largest absolute Gasteiger partial charge is 0.392 e. The molecule has 1 heterocycles. The summed E-state index contributed by atoms with van der Waals surface area (Å²) in [6.45, 7) is -0.0505. The lowest BCUT2D eigenvalue weighted by atomic mass is 9.98. The van der Waals surface area contributed by atoms with E-state index in [2.05, 4.69) is 15.3 Å². The minimum atomic E-state index is -0.332. The second-order valence-electron chi connectivity index (χ2n) is 4.52. The van der Waals surface area contributed by atoms with Gasteiger partial charge in [-0.25, -0.2) is 9.97 Å². The number of anilines is 1. The molecule has 0 unspecified atom stereocenters. The van der Waals surface area contributed by atoms with Crippen molar-refractivity contribution in [1.29, 1.82) is 0 Å². The summed E-state index contributed by atoms with van der Waals surface area (Å²) in [5, 5.41) is 11.9. The first kappa shape index (κ1) is 13.1. The average Bonchev–Trinajstić information content (AvgIpc) is 2.53. The molecule has 6 nitrogen and oxygen atoms in total. The molecule has 1 aromatic heterocycles. The highest BCUT2D eigenvalue weighted by Gasteiger charge is 2.26. The average molecular weight is 281 g/mol. The van der Waals surface area contributed by atoms with Crippen LogP contribution in [-0.4, -0.2) is 26.6 Å². The molecule has 0 saturated carbocycles. The van der Waals surface area contributed by atoms with Gasteiger partial charge in [-0.3, -0.25) is 9.59 Å². The van der Waals surface area contributed by atoms with Crippen LogP contribution in [0.4, 0.5) is 5.69 Å². The molecule has 0 spiro atoms. The number of ketones is 2. The molecule has 0 fully saturated rings. The molecule has 1 aliphatic carbocycles. The molecule has 21 heavy (non-hydrogen) atoms. The summed E-state index contributed by atoms with van der Waals surface area (Å²) in [7, 11) is 0. The van der Waals surface area contributed by atoms with Gasteiger partial charge in [0.25, 0.3) is 0 Å². The van der Waals surface area contributed by atoms with Crippen LogP contribution in [0.15, 0.2) is 48.6 Å². The number of nitrogens with zero attached hydrogens (tertiary/aromatic N) is 2. The molecule has 1 aromatic carbocycles. The number of hydrogen-bond donors (Lipinski definition) is 2. The Morgan fingerprint density at radius 3 is 2.62 bits per heavy atom. The quantitative estimate of drug-likeness (QED) is 0.882. The number of rotatable bonds is 3. The Hall–Kier alpha value is -2.86. The van der Waals surface area contributed by atoms with Gasteiger partial charge in [0.2, 0.25) is 11.6 Å². The summed E-state index contributed by atoms with van der Waals surface area (Å²) < 4.78 is 0. The van der Waals surface area contributed by atoms with E-state index in [9.17, 15) is 9.59 Å². The van der Waals surface area contributed by atoms with Crippen LogP contribution in [-0.2, 0) is 6.61 Å². The van der Waals surface area contributed by atoms with Crippen molar-refractivity contribution in [1.82, 2.24) is 9.97 Å². The molecular weight excluding hydrogens is 270 g/mol. The van der Waals surface area contributed by atoms with E-state index in [1.54, 1.807) is 24.3 Å². The number of aromatic nitrogens is 2. The maximum Gasteiger partial charge on any atom is 0.213 e. The minimum Gasteiger partial charge on any atom is -0.392 e. The molecule has 2 N–H and O–H groups in total. The molecule has 0 atom stereocenters. The molecule has 0 aliphatic heterocycles. The zero-order valence-electron chi connectivity index (χ0n) is 10.9. The summed E-state index contributed by atoms with van der Waals surface area (Å²) in [5.74, 6) is -0.655. The normalized spacial score (nSPS) is 13.7. The summed E-state index contributed by atoms with van der Waals surface area (Å²) in [4.78, 5) is 31.8. The van der Waals surface area contributed by atoms with Crippen LogP contribution in [0.5, 0.6) is 0 Å². The van der Waals surface area contributed by atoms with Gasteiger partial charge in [0.05, 0.1) is 17.9 Å². The number of carbonyl (C=O) groups excluding carboxylic acids is 2. The number of nitrogens with one attached hydrogen (secondary N) is 1. The third-order valence-electron chi connectivity index (χ3n) is 3.13. The number of aliphatic hydroxyl groups is 1. The Labute approximate surface area is 120 Å². The monoisotopic (exact) mass is 281 g/mol. The number of allylic oxidation sites excluding steroid dienone is 2. The van der Waals surface area contributed by atoms with E-state index < -0.39 is 0 Å². The lowest BCUT2D eigenvalue weighted by Crippen LogP contribution is -2.22. The number of carbonyl (C=O) groups is 2. The number of aliphatic hydroxyl groups excluding tert-OH is 1. The molecule has 2 aromatic rings. The van der Waals surface area contributed by atoms with Crippen LogP contribution in [0, 0.1) is 0 Å². The topological polar surface area (TPSA) is 92.2 Å². The van der Waals surface area contributed by atoms with E-state index in [1.807, 2.05) is 0 Å². The highest BCUT2D eigenvalue weighted by atomic mass is 16.3. The van der Waals surface area contributed by atoms with Gasteiger partial charge in [0.15, 0.2) is 0 Å². The van der Waals surface area contributed by atoms with Gasteiger partial charge in [0, 0.05) is 18.0 Å². The van der Waals surface area contributed by atoms with Crippen LogP contribution >= 0.6 is 0 Å². The fraction of sp³-hybridized carbons (Fsp3) is 0.0667. The third kappa shape index (κ3) is 2.44. The van der Waals surface area contributed by atoms with Crippen molar-refractivity contribution in [3.63, 3.8) is 0 Å². The fourth-order valence-corrected chi connectivity index (χ4v) is 2.04. The predicted octanol–water partition coefficient (Wildman–Crippen LogP) is 1.34. The van der Waals surface area contributed by atoms with E-state index in [0.717, 1.165) is 5.56 Å². The van der Waals surface area contributed by atoms with Crippen LogP contribution in [0.1, 0.15) is 26.4 Å². The van der Waals surface area contributed by atoms with Crippen molar-refractivity contribution < 1.29 is 14.7 Å². The summed E-state index contributed by atoms with van der Waals surface area (Å²) in [6, 6.07) is 6.91. The van der Waals surface area contributed by atoms with Crippen LogP contribution < -0.4 is 5.32 Å². The number of benzene rings is 1. The van der Waals surface area contributed by atoms with Gasteiger partial charge >= 0.3 is 0 Å². The smallest absolute Gasteiger partial charge is 0.213 e. The second-order valence-corrected chi connectivity index (χ2v) is 4.52. The lowest BCUT2D eigenvalue weighted by Gasteiger charge is -2.15. The van der Waals surface area contributed by atoms with Crippen LogP contribution in [0.25, 0.3) is 0 Å². The first-order valence-electron chi connectivity index (χ1n) is 6.26. The first-order chi connectivity index (χ1) is 10.2. The van der Waals surface area contributed by atoms with Gasteiger partial charge in [-0.05, 0) is 17.7 Å². The maximum atomic E-state index is 12.3. The highest BCUT2D eigenvalue weighted by molar-refractivity contribution is 6.24. The number of fused-ring (bicyclic) bond motifs is 1. The third-order valence-corrected chi connectivity index (χ3v) is 3.13. The summed E-state index contributed by atoms with van der Waals surface area (Å²) >= 11 is 0. The zero-order valence-corrected chi connectivity index (χ0v) is 10.9. The van der Waals surface area contributed by atoms with E-state index in [1.165, 1.54) is 18.6 Å². The Morgan fingerprint density at radius 2 is 1.90 bits per heavy atom. The van der Waals surface area contributed by atoms with Gasteiger partial charge in [0.1, 0.15) is 12.0 Å². The first-order valence-corrected chi connectivity index (χ1v) is 6.26. The van der Waals surface area contributed by atoms with Crippen molar-refractivity contribution in [2.45, 2.75) is 6.61 Å². The predicted molar refractivity (Wildman–Crippen MR) is 74.8 cm³/mol. The Balaban J connectivity index is 1.89. The fourth-order valence-electron chi connectivity index (χ4n) is 2.04. The van der Waals surface area contributed by atoms with Gasteiger partial charge in [-0.1, -0.05) is 12.1 Å². The molecule has 104 valence electrons. The number of hydrogen-bond acceptors (Lipinski definition) is 6. The Kier molecular flexibility index (Phi) is 3.29. The molecule has 3 rings (SSSR count). The van der Waals surface area contributed by atoms with E-state index in [4.69, 9.17) is 5.11 Å². The molecule has 0 saturated heterocycles. The molecular formula is C15H11N3O3. The van der Waals surface area contributed by atoms with Crippen molar-refractivity contribution >= 4 is 17.3 Å². The molecule has 1 aliphatic rings. The van der Waals surface area contributed by atoms with E-state index >= 15 is 0 Å². The summed E-state index contributed by atoms with van der Waals surface area (Å²) in [6.07, 6.45) is 3.81. The summed E-state index contributed by atoms with van der Waals surface area (Å²) in [5.41, 5.74) is 1.91. The highest BCUT2D eigenvalue weighted by Crippen LogP contribution is 2.21. The Bertz CT molecular complexity index is 751. The minimum absolute atomic E-state index is 0.0505. The van der Waals surface area contributed by atoms with Gasteiger partial charge in [-0.2, -0.15) is 0 Å². The van der Waals surface area contributed by atoms with Gasteiger partial charge < -0.3 is 10.4 Å². The lowest BCUT2D eigenvalue weighted by molar-refractivity contribution is 0.0981. The molecule has 0 bridgehead atoms. The molecule has 0 amide bonds. The van der Waals surface area contributed by atoms with Crippen molar-refractivity contribution in [3.8, 4) is 0 Å². The molecule has 0 radical (unpaired) electrons. The standard InChI is InChI=1S/C15H11N3O3/c19-7-9-1-3-10(4-2-9)18-12-5-13(20)14-11(15(12)21)6-16-8-17-14/h1-6,8,18-19H,7H2. The van der Waals surface area contributed by atoms with Crippen molar-refractivity contribution in [3.05, 3.63) is 65.4 Å². The second kappa shape index (κ2) is 5.26. The van der Waals surface area contributed by atoms with E-state index in [0.29, 0.717) is 5.69 Å². The van der Waals surface area contributed by atoms with Crippen LogP contribution in [0.2, 0.25) is 0 Å². The SMILES string of the molecule is O=C1C(Nc2ccc(CO)cc2)=CC(=O)c2ncncc21. The Morgan fingerprint density at radius 1 is 1.14 bits per heavy atom. The van der Waals surface area contributed by atoms with Gasteiger partial charge in [-0.15, -0.1) is 0 Å².